The molecule has 0 unspecified atom stereocenters. The average molecular weight is 431 g/mol. The Kier molecular flexibility index (Phi) is 8.53. The minimum absolute atomic E-state index is 0. The summed E-state index contributed by atoms with van der Waals surface area (Å²) >= 11 is 0. The standard InChI is InChI=1S/C17H19F2N3.HI/c1-20-17(22-12-13-5-3-2-4-6-13)21-10-9-14-7-8-15(18)11-16(14)19;/h2-8,11H,9-10,12H2,1H3,(H2,20,21,22);1H. The summed E-state index contributed by atoms with van der Waals surface area (Å²) in [7, 11) is 1.68. The van der Waals surface area contributed by atoms with Gasteiger partial charge in [0.05, 0.1) is 0 Å². The molecular formula is C17H20F2IN3. The van der Waals surface area contributed by atoms with Gasteiger partial charge in [0.2, 0.25) is 0 Å². The normalized spacial score (nSPS) is 10.8. The highest BCUT2D eigenvalue weighted by atomic mass is 127. The van der Waals surface area contributed by atoms with Crippen LogP contribution in [0.25, 0.3) is 0 Å². The van der Waals surface area contributed by atoms with Crippen LogP contribution in [0.3, 0.4) is 0 Å². The van der Waals surface area contributed by atoms with E-state index < -0.39 is 11.6 Å². The SMILES string of the molecule is CN=C(NCCc1ccc(F)cc1F)NCc1ccccc1.I. The van der Waals surface area contributed by atoms with Gasteiger partial charge in [-0.25, -0.2) is 8.78 Å². The van der Waals surface area contributed by atoms with E-state index in [0.29, 0.717) is 31.0 Å². The Morgan fingerprint density at radius 2 is 1.78 bits per heavy atom. The maximum atomic E-state index is 13.5. The Morgan fingerprint density at radius 1 is 1.04 bits per heavy atom. The molecule has 0 aromatic heterocycles. The van der Waals surface area contributed by atoms with Crippen LogP contribution in [0.2, 0.25) is 0 Å². The number of nitrogens with one attached hydrogen (secondary N) is 2. The molecule has 2 aromatic carbocycles. The van der Waals surface area contributed by atoms with Crippen LogP contribution in [0.4, 0.5) is 8.78 Å². The summed E-state index contributed by atoms with van der Waals surface area (Å²) < 4.78 is 26.3. The molecule has 0 spiro atoms. The summed E-state index contributed by atoms with van der Waals surface area (Å²) in [5.74, 6) is -0.435. The van der Waals surface area contributed by atoms with Crippen LogP contribution in [0.1, 0.15) is 11.1 Å². The third-order valence-electron chi connectivity index (χ3n) is 3.23. The number of nitrogens with zero attached hydrogens (tertiary/aromatic N) is 1. The molecule has 0 aliphatic carbocycles. The van der Waals surface area contributed by atoms with Gasteiger partial charge in [-0.2, -0.15) is 0 Å². The van der Waals surface area contributed by atoms with Crippen molar-refractivity contribution in [3.05, 3.63) is 71.3 Å². The average Bonchev–Trinajstić information content (AvgIpc) is 2.53. The van der Waals surface area contributed by atoms with Gasteiger partial charge in [0.25, 0.3) is 0 Å². The van der Waals surface area contributed by atoms with E-state index in [0.717, 1.165) is 11.6 Å². The molecule has 2 aromatic rings. The Bertz CT molecular complexity index is 633. The number of hydrogen-bond acceptors (Lipinski definition) is 1. The monoisotopic (exact) mass is 431 g/mol. The summed E-state index contributed by atoms with van der Waals surface area (Å²) in [5.41, 5.74) is 1.63. The fourth-order valence-corrected chi connectivity index (χ4v) is 2.04. The highest BCUT2D eigenvalue weighted by Crippen LogP contribution is 2.09. The van der Waals surface area contributed by atoms with Crippen LogP contribution < -0.4 is 10.6 Å². The Labute approximate surface area is 152 Å². The van der Waals surface area contributed by atoms with Gasteiger partial charge < -0.3 is 10.6 Å². The fourth-order valence-electron chi connectivity index (χ4n) is 2.04. The first-order chi connectivity index (χ1) is 10.7. The van der Waals surface area contributed by atoms with Crippen molar-refractivity contribution in [2.24, 2.45) is 4.99 Å². The Hall–Kier alpha value is -1.70. The van der Waals surface area contributed by atoms with Crippen molar-refractivity contribution >= 4 is 29.9 Å². The zero-order chi connectivity index (χ0) is 15.8. The maximum absolute atomic E-state index is 13.5. The molecule has 0 bridgehead atoms. The second kappa shape index (κ2) is 10.1. The molecule has 0 aliphatic heterocycles. The summed E-state index contributed by atoms with van der Waals surface area (Å²) in [6.07, 6.45) is 0.456. The van der Waals surface area contributed by atoms with Gasteiger partial charge in [-0.15, -0.1) is 24.0 Å². The molecule has 6 heteroatoms. The molecule has 0 fully saturated rings. The Morgan fingerprint density at radius 3 is 2.43 bits per heavy atom. The number of benzene rings is 2. The highest BCUT2D eigenvalue weighted by molar-refractivity contribution is 14.0. The summed E-state index contributed by atoms with van der Waals surface area (Å²) in [6.45, 7) is 1.17. The number of hydrogen-bond donors (Lipinski definition) is 2. The van der Waals surface area contributed by atoms with Gasteiger partial charge >= 0.3 is 0 Å². The second-order valence-corrected chi connectivity index (χ2v) is 4.82. The van der Waals surface area contributed by atoms with Crippen molar-refractivity contribution in [2.75, 3.05) is 13.6 Å². The van der Waals surface area contributed by atoms with E-state index in [2.05, 4.69) is 15.6 Å². The van der Waals surface area contributed by atoms with Crippen molar-refractivity contribution in [1.82, 2.24) is 10.6 Å². The van der Waals surface area contributed by atoms with Crippen molar-refractivity contribution < 1.29 is 8.78 Å². The smallest absolute Gasteiger partial charge is 0.191 e. The molecule has 0 saturated heterocycles. The first-order valence-corrected chi connectivity index (χ1v) is 7.11. The minimum Gasteiger partial charge on any atom is -0.356 e. The quantitative estimate of drug-likeness (QED) is 0.432. The van der Waals surface area contributed by atoms with E-state index in [4.69, 9.17) is 0 Å². The molecule has 2 rings (SSSR count). The van der Waals surface area contributed by atoms with Gasteiger partial charge in [-0.1, -0.05) is 36.4 Å². The first-order valence-electron chi connectivity index (χ1n) is 7.11. The van der Waals surface area contributed by atoms with Gasteiger partial charge in [0, 0.05) is 26.2 Å². The van der Waals surface area contributed by atoms with Crippen molar-refractivity contribution in [1.29, 1.82) is 0 Å². The van der Waals surface area contributed by atoms with E-state index in [-0.39, 0.29) is 24.0 Å². The molecule has 0 radical (unpaired) electrons. The predicted octanol–water partition coefficient (Wildman–Crippen LogP) is 3.49. The number of halogens is 3. The van der Waals surface area contributed by atoms with E-state index in [1.165, 1.54) is 12.1 Å². The van der Waals surface area contributed by atoms with Crippen LogP contribution in [-0.4, -0.2) is 19.6 Å². The van der Waals surface area contributed by atoms with Crippen LogP contribution in [0, 0.1) is 11.6 Å². The summed E-state index contributed by atoms with van der Waals surface area (Å²) in [5, 5.41) is 6.29. The Balaban J connectivity index is 0.00000264. The third kappa shape index (κ3) is 6.52. The molecule has 0 atom stereocenters. The lowest BCUT2D eigenvalue weighted by Gasteiger charge is -2.12. The molecule has 0 saturated carbocycles. The van der Waals surface area contributed by atoms with Crippen LogP contribution >= 0.6 is 24.0 Å². The molecule has 0 amide bonds. The zero-order valence-electron chi connectivity index (χ0n) is 12.9. The van der Waals surface area contributed by atoms with Crippen molar-refractivity contribution in [2.45, 2.75) is 13.0 Å². The van der Waals surface area contributed by atoms with Crippen LogP contribution in [0.5, 0.6) is 0 Å². The molecule has 2 N–H and O–H groups in total. The van der Waals surface area contributed by atoms with Crippen LogP contribution in [0.15, 0.2) is 53.5 Å². The molecule has 23 heavy (non-hydrogen) atoms. The number of guanidine groups is 1. The number of rotatable bonds is 5. The first kappa shape index (κ1) is 19.3. The summed E-state index contributed by atoms with van der Waals surface area (Å²) in [6, 6.07) is 13.6. The second-order valence-electron chi connectivity index (χ2n) is 4.82. The van der Waals surface area contributed by atoms with Crippen molar-refractivity contribution in [3.8, 4) is 0 Å². The van der Waals surface area contributed by atoms with Gasteiger partial charge in [-0.3, -0.25) is 4.99 Å². The molecule has 124 valence electrons. The van der Waals surface area contributed by atoms with E-state index in [9.17, 15) is 8.78 Å². The predicted molar refractivity (Wildman–Crippen MR) is 100 cm³/mol. The van der Waals surface area contributed by atoms with E-state index in [1.807, 2.05) is 30.3 Å². The van der Waals surface area contributed by atoms with Crippen LogP contribution in [-0.2, 0) is 13.0 Å². The van der Waals surface area contributed by atoms with E-state index >= 15 is 0 Å². The zero-order valence-corrected chi connectivity index (χ0v) is 15.2. The van der Waals surface area contributed by atoms with Crippen molar-refractivity contribution in [3.63, 3.8) is 0 Å². The molecular weight excluding hydrogens is 411 g/mol. The highest BCUT2D eigenvalue weighted by Gasteiger charge is 2.04. The third-order valence-corrected chi connectivity index (χ3v) is 3.23. The molecule has 3 nitrogen and oxygen atoms in total. The lowest BCUT2D eigenvalue weighted by molar-refractivity contribution is 0.570. The minimum atomic E-state index is -0.561. The summed E-state index contributed by atoms with van der Waals surface area (Å²) in [4.78, 5) is 4.11. The molecule has 0 heterocycles. The fraction of sp³-hybridized carbons (Fsp3) is 0.235. The van der Waals surface area contributed by atoms with E-state index in [1.54, 1.807) is 7.05 Å². The lowest BCUT2D eigenvalue weighted by Crippen LogP contribution is -2.37. The maximum Gasteiger partial charge on any atom is 0.191 e. The topological polar surface area (TPSA) is 36.4 Å². The number of aliphatic imine (C=N–C) groups is 1. The lowest BCUT2D eigenvalue weighted by atomic mass is 10.1. The van der Waals surface area contributed by atoms with Gasteiger partial charge in [-0.05, 0) is 23.6 Å². The molecule has 0 aliphatic rings. The van der Waals surface area contributed by atoms with Gasteiger partial charge in [0.1, 0.15) is 11.6 Å². The van der Waals surface area contributed by atoms with Gasteiger partial charge in [0.15, 0.2) is 5.96 Å². The largest absolute Gasteiger partial charge is 0.356 e.